The molecule has 1 amide bonds. The van der Waals surface area contributed by atoms with Crippen molar-refractivity contribution in [1.82, 2.24) is 19.8 Å². The average molecular weight is 200 g/mol. The van der Waals surface area contributed by atoms with E-state index in [2.05, 4.69) is 14.9 Å². The fourth-order valence-corrected chi connectivity index (χ4v) is 1.17. The molecule has 72 valence electrons. The number of nitrogens with one attached hydrogen (secondary N) is 1. The van der Waals surface area contributed by atoms with E-state index in [1.807, 2.05) is 5.38 Å². The Labute approximate surface area is 80.9 Å². The first-order valence-electron chi connectivity index (χ1n) is 3.87. The molecule has 1 heterocycles. The minimum absolute atomic E-state index is 0.0585. The van der Waals surface area contributed by atoms with Gasteiger partial charge in [-0.05, 0) is 11.5 Å². The van der Waals surface area contributed by atoms with E-state index in [0.717, 1.165) is 5.69 Å². The van der Waals surface area contributed by atoms with Crippen molar-refractivity contribution in [2.24, 2.45) is 0 Å². The minimum atomic E-state index is 0.0585. The molecule has 0 atom stereocenters. The fourth-order valence-electron chi connectivity index (χ4n) is 0.717. The lowest BCUT2D eigenvalue weighted by atomic mass is 10.4. The van der Waals surface area contributed by atoms with Crippen LogP contribution < -0.4 is 5.32 Å². The number of carbonyl (C=O) groups is 1. The van der Waals surface area contributed by atoms with Gasteiger partial charge in [-0.3, -0.25) is 4.79 Å². The van der Waals surface area contributed by atoms with Gasteiger partial charge in [0.25, 0.3) is 0 Å². The summed E-state index contributed by atoms with van der Waals surface area (Å²) in [6, 6.07) is 0. The summed E-state index contributed by atoms with van der Waals surface area (Å²) in [5.74, 6) is 0.0585. The average Bonchev–Trinajstić information content (AvgIpc) is 2.56. The molecule has 0 aliphatic carbocycles. The molecule has 0 aliphatic heterocycles. The van der Waals surface area contributed by atoms with Crippen molar-refractivity contribution in [3.63, 3.8) is 0 Å². The van der Waals surface area contributed by atoms with Crippen molar-refractivity contribution in [3.05, 3.63) is 11.1 Å². The van der Waals surface area contributed by atoms with Gasteiger partial charge in [-0.2, -0.15) is 0 Å². The van der Waals surface area contributed by atoms with Crippen LogP contribution in [-0.4, -0.2) is 41.0 Å². The molecule has 0 unspecified atom stereocenters. The number of carbonyl (C=O) groups excluding carboxylic acids is 1. The summed E-state index contributed by atoms with van der Waals surface area (Å²) in [7, 11) is 3.46. The summed E-state index contributed by atoms with van der Waals surface area (Å²) in [6.45, 7) is 0.931. The molecule has 5 nitrogen and oxygen atoms in total. The van der Waals surface area contributed by atoms with Gasteiger partial charge in [-0.25, -0.2) is 0 Å². The highest BCUT2D eigenvalue weighted by Crippen LogP contribution is 1.95. The first-order chi connectivity index (χ1) is 6.20. The van der Waals surface area contributed by atoms with Crippen molar-refractivity contribution in [1.29, 1.82) is 0 Å². The molecule has 0 saturated carbocycles. The zero-order valence-corrected chi connectivity index (χ0v) is 8.47. The van der Waals surface area contributed by atoms with Crippen LogP contribution in [0, 0.1) is 0 Å². The van der Waals surface area contributed by atoms with Crippen molar-refractivity contribution < 1.29 is 4.79 Å². The molecule has 1 aromatic heterocycles. The highest BCUT2D eigenvalue weighted by Gasteiger charge is 2.02. The molecule has 13 heavy (non-hydrogen) atoms. The van der Waals surface area contributed by atoms with Crippen LogP contribution in [0.3, 0.4) is 0 Å². The number of nitrogens with zero attached hydrogens (tertiary/aromatic N) is 3. The third kappa shape index (κ3) is 3.47. The van der Waals surface area contributed by atoms with E-state index in [9.17, 15) is 4.79 Å². The van der Waals surface area contributed by atoms with Gasteiger partial charge in [0.15, 0.2) is 0 Å². The molecule has 1 aromatic rings. The number of aromatic nitrogens is 2. The molecule has 0 saturated heterocycles. The third-order valence-electron chi connectivity index (χ3n) is 1.49. The van der Waals surface area contributed by atoms with Gasteiger partial charge in [-0.1, -0.05) is 4.49 Å². The predicted molar refractivity (Wildman–Crippen MR) is 50.3 cm³/mol. The van der Waals surface area contributed by atoms with E-state index in [1.54, 1.807) is 19.0 Å². The van der Waals surface area contributed by atoms with Gasteiger partial charge in [0.2, 0.25) is 5.91 Å². The maximum Gasteiger partial charge on any atom is 0.236 e. The van der Waals surface area contributed by atoms with E-state index >= 15 is 0 Å². The Morgan fingerprint density at radius 3 is 3.00 bits per heavy atom. The maximum absolute atomic E-state index is 11.1. The Kier molecular flexibility index (Phi) is 3.78. The molecular weight excluding hydrogens is 188 g/mol. The molecule has 0 fully saturated rings. The molecule has 0 spiro atoms. The lowest BCUT2D eigenvalue weighted by Gasteiger charge is -2.09. The zero-order valence-electron chi connectivity index (χ0n) is 7.65. The summed E-state index contributed by atoms with van der Waals surface area (Å²) < 4.78 is 3.71. The minimum Gasteiger partial charge on any atom is -0.348 e. The molecule has 0 aromatic carbocycles. The van der Waals surface area contributed by atoms with Crippen LogP contribution in [0.5, 0.6) is 0 Å². The topological polar surface area (TPSA) is 58.1 Å². The van der Waals surface area contributed by atoms with Crippen molar-refractivity contribution in [3.8, 4) is 0 Å². The van der Waals surface area contributed by atoms with E-state index in [4.69, 9.17) is 0 Å². The van der Waals surface area contributed by atoms with Crippen LogP contribution in [-0.2, 0) is 11.3 Å². The first-order valence-corrected chi connectivity index (χ1v) is 4.70. The Balaban J connectivity index is 2.18. The van der Waals surface area contributed by atoms with Crippen LogP contribution >= 0.6 is 11.5 Å². The second kappa shape index (κ2) is 4.88. The number of hydrogen-bond donors (Lipinski definition) is 1. The predicted octanol–water partition coefficient (Wildman–Crippen LogP) is -0.284. The zero-order chi connectivity index (χ0) is 9.68. The maximum atomic E-state index is 11.1. The highest BCUT2D eigenvalue weighted by molar-refractivity contribution is 7.03. The summed E-state index contributed by atoms with van der Waals surface area (Å²) in [4.78, 5) is 12.6. The Morgan fingerprint density at radius 1 is 1.69 bits per heavy atom. The standard InChI is InChI=1S/C7H12N4OS/c1-11(2)7(12)4-8-3-6-5-13-10-9-6/h5,8H,3-4H2,1-2H3. The molecule has 6 heteroatoms. The van der Waals surface area contributed by atoms with E-state index < -0.39 is 0 Å². The van der Waals surface area contributed by atoms with Gasteiger partial charge in [0.05, 0.1) is 12.2 Å². The van der Waals surface area contributed by atoms with Crippen LogP contribution in [0.15, 0.2) is 5.38 Å². The molecule has 1 rings (SSSR count). The fraction of sp³-hybridized carbons (Fsp3) is 0.571. The molecule has 0 radical (unpaired) electrons. The van der Waals surface area contributed by atoms with Gasteiger partial charge in [0, 0.05) is 26.0 Å². The Hall–Kier alpha value is -1.01. The van der Waals surface area contributed by atoms with Crippen molar-refractivity contribution in [2.75, 3.05) is 20.6 Å². The van der Waals surface area contributed by atoms with Crippen molar-refractivity contribution >= 4 is 17.4 Å². The van der Waals surface area contributed by atoms with Gasteiger partial charge < -0.3 is 10.2 Å². The quantitative estimate of drug-likeness (QED) is 0.726. The molecule has 1 N–H and O–H groups in total. The number of amides is 1. The molecule has 0 bridgehead atoms. The number of rotatable bonds is 4. The third-order valence-corrected chi connectivity index (χ3v) is 2.04. The van der Waals surface area contributed by atoms with Crippen molar-refractivity contribution in [2.45, 2.75) is 6.54 Å². The summed E-state index contributed by atoms with van der Waals surface area (Å²) >= 11 is 1.31. The summed E-state index contributed by atoms with van der Waals surface area (Å²) in [5.41, 5.74) is 0.872. The summed E-state index contributed by atoms with van der Waals surface area (Å²) in [5, 5.41) is 8.68. The van der Waals surface area contributed by atoms with Crippen LogP contribution in [0.1, 0.15) is 5.69 Å². The monoisotopic (exact) mass is 200 g/mol. The second-order valence-electron chi connectivity index (χ2n) is 2.79. The largest absolute Gasteiger partial charge is 0.348 e. The first kappa shape index (κ1) is 10.1. The smallest absolute Gasteiger partial charge is 0.236 e. The van der Waals surface area contributed by atoms with Gasteiger partial charge in [0.1, 0.15) is 0 Å². The van der Waals surface area contributed by atoms with E-state index in [1.165, 1.54) is 11.5 Å². The second-order valence-corrected chi connectivity index (χ2v) is 3.40. The van der Waals surface area contributed by atoms with Crippen LogP contribution in [0.25, 0.3) is 0 Å². The SMILES string of the molecule is CN(C)C(=O)CNCc1csnn1. The molecular formula is C7H12N4OS. The molecule has 0 aliphatic rings. The van der Waals surface area contributed by atoms with E-state index in [0.29, 0.717) is 13.1 Å². The normalized spacial score (nSPS) is 10.0. The number of hydrogen-bond acceptors (Lipinski definition) is 5. The van der Waals surface area contributed by atoms with Gasteiger partial charge in [-0.15, -0.1) is 5.10 Å². The highest BCUT2D eigenvalue weighted by atomic mass is 32.1. The van der Waals surface area contributed by atoms with E-state index in [-0.39, 0.29) is 5.91 Å². The summed E-state index contributed by atoms with van der Waals surface area (Å²) in [6.07, 6.45) is 0. The lowest BCUT2D eigenvalue weighted by molar-refractivity contribution is -0.127. The van der Waals surface area contributed by atoms with Crippen LogP contribution in [0.4, 0.5) is 0 Å². The lowest BCUT2D eigenvalue weighted by Crippen LogP contribution is -2.32. The Morgan fingerprint density at radius 2 is 2.46 bits per heavy atom. The van der Waals surface area contributed by atoms with Crippen LogP contribution in [0.2, 0.25) is 0 Å². The number of likely N-dealkylation sites (N-methyl/N-ethyl adjacent to an activating group) is 1. The Bertz CT molecular complexity index is 259. The van der Waals surface area contributed by atoms with Gasteiger partial charge >= 0.3 is 0 Å².